The van der Waals surface area contributed by atoms with Crippen molar-refractivity contribution in [2.24, 2.45) is 0 Å². The van der Waals surface area contributed by atoms with Gasteiger partial charge in [0.1, 0.15) is 11.5 Å². The minimum Gasteiger partial charge on any atom is -0.481 e. The Balaban J connectivity index is 1.45. The number of aliphatic hydroxyl groups is 2. The van der Waals surface area contributed by atoms with E-state index in [4.69, 9.17) is 19.3 Å². The number of carbonyl (C=O) groups is 3. The highest BCUT2D eigenvalue weighted by Gasteiger charge is 2.71. The number of benzene rings is 1. The normalized spacial score (nSPS) is 31.0. The Hall–Kier alpha value is -2.95. The molecule has 4 aliphatic rings. The van der Waals surface area contributed by atoms with Crippen molar-refractivity contribution in [3.8, 4) is 5.75 Å². The maximum absolute atomic E-state index is 12.8. The molecule has 0 aromatic heterocycles. The van der Waals surface area contributed by atoms with E-state index < -0.39 is 47.6 Å². The predicted molar refractivity (Wildman–Crippen MR) is 119 cm³/mol. The first-order chi connectivity index (χ1) is 16.6. The molecule has 188 valence electrons. The summed E-state index contributed by atoms with van der Waals surface area (Å²) in [6.45, 7) is 1.85. The van der Waals surface area contributed by atoms with Crippen LogP contribution >= 0.6 is 0 Å². The molecule has 0 saturated carbocycles. The Kier molecular flexibility index (Phi) is 5.65. The van der Waals surface area contributed by atoms with Gasteiger partial charge in [-0.15, -0.1) is 0 Å². The number of ether oxygens (including phenoxy) is 3. The molecule has 2 heterocycles. The van der Waals surface area contributed by atoms with Gasteiger partial charge in [0.05, 0.1) is 30.5 Å². The molecule has 2 aliphatic carbocycles. The minimum absolute atomic E-state index is 0.150. The van der Waals surface area contributed by atoms with Crippen LogP contribution in [0.5, 0.6) is 5.75 Å². The summed E-state index contributed by atoms with van der Waals surface area (Å²) in [5.41, 5.74) is 0.551. The highest BCUT2D eigenvalue weighted by molar-refractivity contribution is 5.81. The number of likely N-dealkylation sites (N-methyl/N-ethyl adjacent to an activating group) is 1. The van der Waals surface area contributed by atoms with E-state index >= 15 is 0 Å². The van der Waals surface area contributed by atoms with Crippen molar-refractivity contribution in [1.29, 1.82) is 0 Å². The standard InChI is InChI=1S/C25H29NO9/c1-13(33-19(30)6-5-18(28)29)23(31)34-16-7-8-25(32)17-11-14-3-4-15(12-27)21-20(14)24(25,22(16)35-21)9-10-26(17)2/h3-4,7,13,17,22,27,32H,5-6,8-12H2,1-2H3,(H,28,29)/t13-,17+,22?,24?,25+/m0/s1. The van der Waals surface area contributed by atoms with Gasteiger partial charge in [-0.3, -0.25) is 9.59 Å². The third kappa shape index (κ3) is 3.38. The highest BCUT2D eigenvalue weighted by Crippen LogP contribution is 2.64. The summed E-state index contributed by atoms with van der Waals surface area (Å²) in [6, 6.07) is 3.66. The number of aliphatic carboxylic acids is 1. The molecule has 2 unspecified atom stereocenters. The first kappa shape index (κ1) is 23.8. The monoisotopic (exact) mass is 487 g/mol. The van der Waals surface area contributed by atoms with Gasteiger partial charge in [0.2, 0.25) is 0 Å². The molecule has 10 nitrogen and oxygen atoms in total. The van der Waals surface area contributed by atoms with Gasteiger partial charge >= 0.3 is 17.9 Å². The van der Waals surface area contributed by atoms with Gasteiger partial charge in [0, 0.05) is 23.6 Å². The van der Waals surface area contributed by atoms with E-state index in [9.17, 15) is 24.6 Å². The molecular formula is C25H29NO9. The van der Waals surface area contributed by atoms with Crippen LogP contribution in [0, 0.1) is 0 Å². The average molecular weight is 488 g/mol. The van der Waals surface area contributed by atoms with Gasteiger partial charge in [-0.25, -0.2) is 4.79 Å². The van der Waals surface area contributed by atoms with E-state index in [0.29, 0.717) is 30.7 Å². The number of piperidine rings is 1. The maximum Gasteiger partial charge on any atom is 0.352 e. The Morgan fingerprint density at radius 1 is 1.29 bits per heavy atom. The quantitative estimate of drug-likeness (QED) is 0.473. The van der Waals surface area contributed by atoms with E-state index in [1.165, 1.54) is 6.92 Å². The van der Waals surface area contributed by atoms with Crippen LogP contribution in [0.25, 0.3) is 0 Å². The SMILES string of the molecule is C[C@H](OC(=O)CCC(=O)O)C(=O)OC1=CC[C@@]2(O)[C@H]3Cc4ccc(CO)c5c4C2(CCN3C)C1O5. The topological polar surface area (TPSA) is 143 Å². The second-order valence-corrected chi connectivity index (χ2v) is 9.85. The van der Waals surface area contributed by atoms with E-state index in [2.05, 4.69) is 4.90 Å². The molecule has 0 radical (unpaired) electrons. The van der Waals surface area contributed by atoms with Crippen molar-refractivity contribution in [3.63, 3.8) is 0 Å². The number of esters is 2. The van der Waals surface area contributed by atoms with Crippen molar-refractivity contribution < 1.29 is 43.9 Å². The molecule has 5 atom stereocenters. The fourth-order valence-electron chi connectivity index (χ4n) is 6.34. The second kappa shape index (κ2) is 8.32. The van der Waals surface area contributed by atoms with Crippen molar-refractivity contribution >= 4 is 17.9 Å². The van der Waals surface area contributed by atoms with Gasteiger partial charge in [-0.05, 0) is 45.0 Å². The van der Waals surface area contributed by atoms with Crippen molar-refractivity contribution in [3.05, 3.63) is 40.7 Å². The van der Waals surface area contributed by atoms with E-state index in [-0.39, 0.29) is 31.2 Å². The molecule has 10 heteroatoms. The zero-order valence-corrected chi connectivity index (χ0v) is 19.7. The van der Waals surface area contributed by atoms with Crippen LogP contribution in [0.15, 0.2) is 24.0 Å². The Labute approximate surface area is 202 Å². The number of hydrogen-bond acceptors (Lipinski definition) is 9. The molecule has 1 aromatic rings. The maximum atomic E-state index is 12.8. The van der Waals surface area contributed by atoms with Crippen molar-refractivity contribution in [2.45, 2.75) is 74.9 Å². The van der Waals surface area contributed by atoms with E-state index in [0.717, 1.165) is 11.1 Å². The van der Waals surface area contributed by atoms with Gasteiger partial charge in [-0.2, -0.15) is 0 Å². The number of carbonyl (C=O) groups excluding carboxylic acids is 2. The van der Waals surface area contributed by atoms with Gasteiger partial charge in [0.25, 0.3) is 0 Å². The number of carboxylic acid groups (broad SMARTS) is 1. The smallest absolute Gasteiger partial charge is 0.352 e. The fourth-order valence-corrected chi connectivity index (χ4v) is 6.34. The summed E-state index contributed by atoms with van der Waals surface area (Å²) in [7, 11) is 1.99. The molecule has 1 spiro atoms. The summed E-state index contributed by atoms with van der Waals surface area (Å²) < 4.78 is 17.1. The van der Waals surface area contributed by atoms with Crippen molar-refractivity contribution in [1.82, 2.24) is 4.90 Å². The van der Waals surface area contributed by atoms with Crippen LogP contribution in [-0.2, 0) is 42.3 Å². The Morgan fingerprint density at radius 3 is 2.77 bits per heavy atom. The number of carboxylic acids is 1. The molecule has 1 aromatic carbocycles. The summed E-state index contributed by atoms with van der Waals surface area (Å²) >= 11 is 0. The van der Waals surface area contributed by atoms with Crippen LogP contribution in [0.4, 0.5) is 0 Å². The molecule has 1 fully saturated rings. The molecule has 1 saturated heterocycles. The number of hydrogen-bond donors (Lipinski definition) is 3. The molecule has 35 heavy (non-hydrogen) atoms. The summed E-state index contributed by atoms with van der Waals surface area (Å²) in [6.07, 6.45) is 0.356. The Bertz CT molecular complexity index is 1130. The highest BCUT2D eigenvalue weighted by atomic mass is 16.6. The average Bonchev–Trinajstić information content (AvgIpc) is 3.17. The van der Waals surface area contributed by atoms with E-state index in [1.807, 2.05) is 19.2 Å². The lowest BCUT2D eigenvalue weighted by Crippen LogP contribution is -2.74. The number of nitrogens with zero attached hydrogens (tertiary/aromatic N) is 1. The third-order valence-electron chi connectivity index (χ3n) is 8.03. The fraction of sp³-hybridized carbons (Fsp3) is 0.560. The lowest BCUT2D eigenvalue weighted by atomic mass is 9.50. The lowest BCUT2D eigenvalue weighted by Gasteiger charge is -2.61. The summed E-state index contributed by atoms with van der Waals surface area (Å²) in [5.74, 6) is -1.99. The first-order valence-electron chi connectivity index (χ1n) is 11.8. The lowest BCUT2D eigenvalue weighted by molar-refractivity contribution is -0.175. The van der Waals surface area contributed by atoms with Crippen LogP contribution < -0.4 is 4.74 Å². The third-order valence-corrected chi connectivity index (χ3v) is 8.03. The minimum atomic E-state index is -1.25. The number of aliphatic hydroxyl groups excluding tert-OH is 1. The largest absolute Gasteiger partial charge is 0.481 e. The van der Waals surface area contributed by atoms with Crippen LogP contribution in [0.2, 0.25) is 0 Å². The zero-order valence-electron chi connectivity index (χ0n) is 19.7. The van der Waals surface area contributed by atoms with Gasteiger partial charge < -0.3 is 34.4 Å². The molecule has 3 N–H and O–H groups in total. The summed E-state index contributed by atoms with van der Waals surface area (Å²) in [5, 5.41) is 30.8. The van der Waals surface area contributed by atoms with Crippen LogP contribution in [0.3, 0.4) is 0 Å². The van der Waals surface area contributed by atoms with Gasteiger partial charge in [-0.1, -0.05) is 12.1 Å². The van der Waals surface area contributed by atoms with Gasteiger partial charge in [0.15, 0.2) is 12.2 Å². The van der Waals surface area contributed by atoms with E-state index in [1.54, 1.807) is 6.08 Å². The summed E-state index contributed by atoms with van der Waals surface area (Å²) in [4.78, 5) is 37.5. The number of likely N-dealkylation sites (tertiary alicyclic amines) is 1. The predicted octanol–water partition coefficient (Wildman–Crippen LogP) is 0.796. The molecule has 5 rings (SSSR count). The van der Waals surface area contributed by atoms with Crippen molar-refractivity contribution in [2.75, 3.05) is 13.6 Å². The van der Waals surface area contributed by atoms with Crippen LogP contribution in [-0.4, -0.2) is 75.6 Å². The second-order valence-electron chi connectivity index (χ2n) is 9.85. The zero-order chi connectivity index (χ0) is 25.1. The Morgan fingerprint density at radius 2 is 2.06 bits per heavy atom. The molecule has 0 amide bonds. The first-order valence-corrected chi connectivity index (χ1v) is 11.8. The molecule has 2 bridgehead atoms. The molecular weight excluding hydrogens is 458 g/mol. The number of rotatable bonds is 7. The van der Waals surface area contributed by atoms with Crippen LogP contribution in [0.1, 0.15) is 49.3 Å². The molecule has 2 aliphatic heterocycles.